The van der Waals surface area contributed by atoms with Gasteiger partial charge in [0.2, 0.25) is 12.2 Å². The number of urea groups is 1. The lowest BCUT2D eigenvalue weighted by atomic mass is 10.2. The first-order chi connectivity index (χ1) is 10.5. The van der Waals surface area contributed by atoms with E-state index in [1.165, 1.54) is 4.57 Å². The molecule has 0 spiro atoms. The van der Waals surface area contributed by atoms with Crippen LogP contribution in [0.2, 0.25) is 0 Å². The fourth-order valence-electron chi connectivity index (χ4n) is 1.68. The number of carbonyl (C=O) groups is 2. The Hall–Kier alpha value is -3.23. The maximum atomic E-state index is 11.6. The molecule has 0 aliphatic rings. The van der Waals surface area contributed by atoms with Gasteiger partial charge < -0.3 is 20.0 Å². The molecule has 0 bridgehead atoms. The summed E-state index contributed by atoms with van der Waals surface area (Å²) in [4.78, 5) is 36.5. The second-order valence-corrected chi connectivity index (χ2v) is 4.38. The lowest BCUT2D eigenvalue weighted by Gasteiger charge is -2.06. The van der Waals surface area contributed by atoms with Gasteiger partial charge in [-0.05, 0) is 15.5 Å². The van der Waals surface area contributed by atoms with Crippen molar-refractivity contribution in [2.45, 2.75) is 13.1 Å². The average Bonchev–Trinajstić information content (AvgIpc) is 2.95. The smallest absolute Gasteiger partial charge is 0.358 e. The summed E-state index contributed by atoms with van der Waals surface area (Å²) in [6, 6.07) is 8.58. The fraction of sp³-hybridized carbons (Fsp3) is 0.154. The van der Waals surface area contributed by atoms with Crippen molar-refractivity contribution in [3.05, 3.63) is 58.5 Å². The number of aromatic nitrogens is 2. The molecule has 1 heterocycles. The van der Waals surface area contributed by atoms with E-state index in [0.717, 1.165) is 18.1 Å². The van der Waals surface area contributed by atoms with E-state index in [-0.39, 0.29) is 18.9 Å². The topological polar surface area (TPSA) is 119 Å². The van der Waals surface area contributed by atoms with Crippen LogP contribution in [0.5, 0.6) is 0 Å². The van der Waals surface area contributed by atoms with Crippen molar-refractivity contribution in [1.82, 2.24) is 20.2 Å². The molecular formula is C13H13N5O4. The van der Waals surface area contributed by atoms with Crippen molar-refractivity contribution in [1.29, 1.82) is 0 Å². The van der Waals surface area contributed by atoms with Gasteiger partial charge in [0.05, 0.1) is 0 Å². The molecule has 0 unspecified atom stereocenters. The summed E-state index contributed by atoms with van der Waals surface area (Å²) >= 11 is 0. The average molecular weight is 303 g/mol. The Balaban J connectivity index is 1.78. The number of carbonyl (C=O) groups excluding carboxylic acids is 2. The van der Waals surface area contributed by atoms with E-state index >= 15 is 0 Å². The van der Waals surface area contributed by atoms with Crippen LogP contribution < -0.4 is 10.6 Å². The van der Waals surface area contributed by atoms with Crippen LogP contribution in [0.25, 0.3) is 0 Å². The quantitative estimate of drug-likeness (QED) is 0.626. The van der Waals surface area contributed by atoms with E-state index in [0.29, 0.717) is 0 Å². The molecule has 9 nitrogen and oxygen atoms in total. The molecule has 0 radical (unpaired) electrons. The van der Waals surface area contributed by atoms with Crippen LogP contribution in [-0.2, 0) is 17.9 Å². The number of imidazole rings is 1. The molecule has 0 saturated heterocycles. The summed E-state index contributed by atoms with van der Waals surface area (Å²) in [5, 5.41) is 15.1. The Morgan fingerprint density at radius 3 is 2.64 bits per heavy atom. The Bertz CT molecular complexity index is 683. The third-order valence-corrected chi connectivity index (χ3v) is 2.68. The van der Waals surface area contributed by atoms with Crippen LogP contribution in [0.3, 0.4) is 0 Å². The Morgan fingerprint density at radius 1 is 1.27 bits per heavy atom. The van der Waals surface area contributed by atoms with E-state index in [1.807, 2.05) is 30.3 Å². The molecule has 0 aliphatic carbocycles. The van der Waals surface area contributed by atoms with E-state index in [9.17, 15) is 19.7 Å². The highest BCUT2D eigenvalue weighted by atomic mass is 16.6. The number of benzene rings is 1. The fourth-order valence-corrected chi connectivity index (χ4v) is 1.68. The predicted octanol–water partition coefficient (Wildman–Crippen LogP) is 0.817. The maximum absolute atomic E-state index is 11.6. The van der Waals surface area contributed by atoms with E-state index in [2.05, 4.69) is 15.6 Å². The van der Waals surface area contributed by atoms with E-state index in [4.69, 9.17) is 0 Å². The minimum absolute atomic E-state index is 0.237. The molecule has 0 fully saturated rings. The standard InChI is InChI=1S/C13H13N5O4/c19-12(8-17-7-11(15-9-17)18(21)22)16-13(20)14-6-10-4-2-1-3-5-10/h1-5,7,9H,6,8H2,(H2,14,16,19,20). The number of imide groups is 1. The molecular weight excluding hydrogens is 290 g/mol. The zero-order valence-corrected chi connectivity index (χ0v) is 11.4. The molecule has 22 heavy (non-hydrogen) atoms. The zero-order valence-electron chi connectivity index (χ0n) is 11.4. The van der Waals surface area contributed by atoms with Crippen LogP contribution in [0.15, 0.2) is 42.9 Å². The molecule has 2 N–H and O–H groups in total. The molecule has 2 aromatic rings. The second-order valence-electron chi connectivity index (χ2n) is 4.38. The van der Waals surface area contributed by atoms with Crippen molar-refractivity contribution in [2.24, 2.45) is 0 Å². The molecule has 1 aromatic heterocycles. The summed E-state index contributed by atoms with van der Waals surface area (Å²) in [5.74, 6) is -0.959. The minimum atomic E-state index is -0.666. The van der Waals surface area contributed by atoms with Crippen LogP contribution >= 0.6 is 0 Å². The third-order valence-electron chi connectivity index (χ3n) is 2.68. The van der Waals surface area contributed by atoms with Gasteiger partial charge in [-0.3, -0.25) is 10.1 Å². The largest absolute Gasteiger partial charge is 0.381 e. The molecule has 9 heteroatoms. The highest BCUT2D eigenvalue weighted by Crippen LogP contribution is 2.05. The second kappa shape index (κ2) is 6.97. The molecule has 3 amide bonds. The van der Waals surface area contributed by atoms with Gasteiger partial charge in [0.1, 0.15) is 12.7 Å². The van der Waals surface area contributed by atoms with Crippen LogP contribution in [0, 0.1) is 10.1 Å². The normalized spacial score (nSPS) is 10.0. The van der Waals surface area contributed by atoms with Gasteiger partial charge in [0, 0.05) is 6.54 Å². The van der Waals surface area contributed by atoms with Gasteiger partial charge in [-0.15, -0.1) is 0 Å². The van der Waals surface area contributed by atoms with Gasteiger partial charge in [-0.1, -0.05) is 30.3 Å². The summed E-state index contributed by atoms with van der Waals surface area (Å²) in [7, 11) is 0. The van der Waals surface area contributed by atoms with Crippen LogP contribution in [0.4, 0.5) is 10.6 Å². The molecule has 0 aliphatic heterocycles. The zero-order chi connectivity index (χ0) is 15.9. The third kappa shape index (κ3) is 4.40. The highest BCUT2D eigenvalue weighted by molar-refractivity contribution is 5.94. The van der Waals surface area contributed by atoms with Gasteiger partial charge in [0.15, 0.2) is 0 Å². The number of hydrogen-bond acceptors (Lipinski definition) is 5. The van der Waals surface area contributed by atoms with Gasteiger partial charge in [0.25, 0.3) is 0 Å². The van der Waals surface area contributed by atoms with Crippen molar-refractivity contribution < 1.29 is 14.5 Å². The van der Waals surface area contributed by atoms with Crippen molar-refractivity contribution >= 4 is 17.8 Å². The van der Waals surface area contributed by atoms with Crippen molar-refractivity contribution in [3.63, 3.8) is 0 Å². The first-order valence-corrected chi connectivity index (χ1v) is 6.32. The number of nitrogens with one attached hydrogen (secondary N) is 2. The van der Waals surface area contributed by atoms with Crippen molar-refractivity contribution in [2.75, 3.05) is 0 Å². The molecule has 0 saturated carbocycles. The SMILES string of the molecule is O=C(Cn1cnc([N+](=O)[O-])c1)NC(=O)NCc1ccccc1. The summed E-state index contributed by atoms with van der Waals surface area (Å²) in [6.45, 7) is 0.0517. The Labute approximate surface area is 125 Å². The summed E-state index contributed by atoms with van der Waals surface area (Å²) in [6.07, 6.45) is 2.26. The van der Waals surface area contributed by atoms with Gasteiger partial charge in [-0.25, -0.2) is 4.79 Å². The number of rotatable bonds is 5. The molecule has 1 aromatic carbocycles. The lowest BCUT2D eigenvalue weighted by molar-refractivity contribution is -0.389. The molecule has 114 valence electrons. The van der Waals surface area contributed by atoms with Gasteiger partial charge in [-0.2, -0.15) is 0 Å². The number of nitro groups is 1. The maximum Gasteiger partial charge on any atom is 0.381 e. The summed E-state index contributed by atoms with van der Waals surface area (Å²) in [5.41, 5.74) is 0.898. The first kappa shape index (κ1) is 15.2. The molecule has 2 rings (SSSR count). The van der Waals surface area contributed by atoms with E-state index < -0.39 is 16.9 Å². The Morgan fingerprint density at radius 2 is 2.00 bits per heavy atom. The minimum Gasteiger partial charge on any atom is -0.358 e. The first-order valence-electron chi connectivity index (χ1n) is 6.32. The monoisotopic (exact) mass is 303 g/mol. The summed E-state index contributed by atoms with van der Waals surface area (Å²) < 4.78 is 1.22. The number of amides is 3. The number of nitrogens with zero attached hydrogens (tertiary/aromatic N) is 3. The Kier molecular flexibility index (Phi) is 4.81. The highest BCUT2D eigenvalue weighted by Gasteiger charge is 2.13. The van der Waals surface area contributed by atoms with Crippen LogP contribution in [-0.4, -0.2) is 26.4 Å². The lowest BCUT2D eigenvalue weighted by Crippen LogP contribution is -2.40. The molecule has 0 atom stereocenters. The predicted molar refractivity (Wildman–Crippen MR) is 75.7 cm³/mol. The van der Waals surface area contributed by atoms with Crippen molar-refractivity contribution in [3.8, 4) is 0 Å². The van der Waals surface area contributed by atoms with Gasteiger partial charge >= 0.3 is 11.8 Å². The van der Waals surface area contributed by atoms with E-state index in [1.54, 1.807) is 0 Å². The number of hydrogen-bond donors (Lipinski definition) is 2. The van der Waals surface area contributed by atoms with Crippen LogP contribution in [0.1, 0.15) is 5.56 Å².